The summed E-state index contributed by atoms with van der Waals surface area (Å²) in [6.45, 7) is 9.49. The molecule has 252 valence electrons. The van der Waals surface area contributed by atoms with Crippen molar-refractivity contribution in [3.8, 4) is 11.5 Å². The van der Waals surface area contributed by atoms with E-state index in [4.69, 9.17) is 14.0 Å². The highest BCUT2D eigenvalue weighted by atomic mass is 32.2. The highest BCUT2D eigenvalue weighted by Crippen LogP contribution is 2.50. The molecule has 14 heteroatoms. The van der Waals surface area contributed by atoms with Crippen LogP contribution in [0.15, 0.2) is 51.9 Å². The Kier molecular flexibility index (Phi) is 8.94. The van der Waals surface area contributed by atoms with Crippen LogP contribution in [-0.2, 0) is 20.4 Å². The zero-order chi connectivity index (χ0) is 33.5. The Bertz CT molecular complexity index is 1740. The number of likely N-dealkylation sites (tertiary alicyclic amines) is 1. The first-order valence-electron chi connectivity index (χ1n) is 16.0. The lowest BCUT2D eigenvalue weighted by molar-refractivity contribution is -0.121. The number of carbonyl (C=O) groups is 2. The third kappa shape index (κ3) is 5.61. The van der Waals surface area contributed by atoms with Gasteiger partial charge in [-0.2, -0.15) is 4.31 Å². The third-order valence-corrected chi connectivity index (χ3v) is 11.4. The van der Waals surface area contributed by atoms with Crippen LogP contribution in [0.25, 0.3) is 0 Å². The van der Waals surface area contributed by atoms with Gasteiger partial charge in [-0.25, -0.2) is 13.2 Å². The molecule has 1 aromatic heterocycles. The summed E-state index contributed by atoms with van der Waals surface area (Å²) in [5.41, 5.74) is -1.25. The van der Waals surface area contributed by atoms with Gasteiger partial charge in [-0.3, -0.25) is 9.69 Å². The molecule has 0 spiro atoms. The number of para-hydroxylation sites is 1. The Balaban J connectivity index is 1.44. The van der Waals surface area contributed by atoms with E-state index in [9.17, 15) is 13.2 Å². The second-order valence-corrected chi connectivity index (χ2v) is 14.0. The Hall–Kier alpha value is -4.14. The second-order valence-electron chi connectivity index (χ2n) is 12.3. The summed E-state index contributed by atoms with van der Waals surface area (Å²) in [6, 6.07) is 11.5. The summed E-state index contributed by atoms with van der Waals surface area (Å²) in [4.78, 5) is 35.6. The number of rotatable bonds is 8. The number of methoxy groups -OCH3 is 1. The summed E-state index contributed by atoms with van der Waals surface area (Å²) in [6.07, 6.45) is 2.17. The predicted octanol–water partition coefficient (Wildman–Crippen LogP) is 3.10. The maximum absolute atomic E-state index is 15.1. The number of urea groups is 1. The molecule has 2 saturated heterocycles. The fourth-order valence-electron chi connectivity index (χ4n) is 7.07. The Morgan fingerprint density at radius 3 is 2.38 bits per heavy atom. The maximum atomic E-state index is 15.1. The van der Waals surface area contributed by atoms with Gasteiger partial charge in [0.2, 0.25) is 0 Å². The first-order chi connectivity index (χ1) is 22.5. The number of benzene rings is 2. The molecule has 3 aromatic rings. The largest absolute Gasteiger partial charge is 0.497 e. The molecular weight excluding hydrogens is 624 g/mol. The number of aromatic nitrogens is 1. The molecule has 2 fully saturated rings. The van der Waals surface area contributed by atoms with E-state index in [2.05, 4.69) is 27.3 Å². The topological polar surface area (TPSA) is 138 Å². The van der Waals surface area contributed by atoms with Crippen molar-refractivity contribution in [1.82, 2.24) is 25.2 Å². The third-order valence-electron chi connectivity index (χ3n) is 9.49. The highest BCUT2D eigenvalue weighted by Gasteiger charge is 2.59. The van der Waals surface area contributed by atoms with E-state index in [1.54, 1.807) is 41.3 Å². The molecule has 3 amide bonds. The number of aryl methyl sites for hydroxylation is 2. The number of nitrogens with one attached hydrogen (secondary N) is 1. The Labute approximate surface area is 275 Å². The molecule has 4 heterocycles. The quantitative estimate of drug-likeness (QED) is 0.382. The number of sulfonamides is 1. The lowest BCUT2D eigenvalue weighted by Crippen LogP contribution is -2.61. The van der Waals surface area contributed by atoms with E-state index in [1.807, 2.05) is 6.92 Å². The monoisotopic (exact) mass is 666 g/mol. The zero-order valence-corrected chi connectivity index (χ0v) is 28.3. The van der Waals surface area contributed by atoms with Crippen LogP contribution in [0.3, 0.4) is 0 Å². The van der Waals surface area contributed by atoms with E-state index in [-0.39, 0.29) is 34.2 Å². The van der Waals surface area contributed by atoms with Gasteiger partial charge in [0.05, 0.1) is 19.4 Å². The van der Waals surface area contributed by atoms with E-state index in [0.717, 1.165) is 30.2 Å². The molecule has 0 aliphatic carbocycles. The lowest BCUT2D eigenvalue weighted by Gasteiger charge is -2.43. The van der Waals surface area contributed by atoms with Crippen LogP contribution in [0.5, 0.6) is 11.5 Å². The average Bonchev–Trinajstić information content (AvgIpc) is 3.54. The number of carbonyl (C=O) groups excluding carboxylic acids is 2. The smallest absolute Gasteiger partial charge is 0.318 e. The Morgan fingerprint density at radius 2 is 1.74 bits per heavy atom. The molecule has 0 radical (unpaired) electrons. The fourth-order valence-corrected chi connectivity index (χ4v) is 8.83. The Morgan fingerprint density at radius 1 is 1.04 bits per heavy atom. The molecule has 47 heavy (non-hydrogen) atoms. The average molecular weight is 667 g/mol. The standard InChI is InChI=1S/C33H42N6O7S/c1-6-45-29-10-8-7-9-26(29)33(34-32(41)38-19-17-37(18-20-38)24-13-15-36(4)16-14-24)27-21-25(44-5)11-12-28(27)39(31(33)40)47(42,43)30-22(2)35-46-23(30)3/h7-12,21,24H,6,13-20H2,1-5H3,(H,34,41). The van der Waals surface area contributed by atoms with Crippen LogP contribution in [-0.4, -0.2) is 106 Å². The highest BCUT2D eigenvalue weighted by molar-refractivity contribution is 7.93. The van der Waals surface area contributed by atoms with Gasteiger partial charge in [-0.15, -0.1) is 0 Å². The van der Waals surface area contributed by atoms with E-state index in [1.165, 1.54) is 27.0 Å². The summed E-state index contributed by atoms with van der Waals surface area (Å²) < 4.78 is 46.3. The number of amides is 3. The van der Waals surface area contributed by atoms with Crippen molar-refractivity contribution in [2.45, 2.75) is 50.1 Å². The number of anilines is 1. The van der Waals surface area contributed by atoms with Gasteiger partial charge in [0.25, 0.3) is 15.9 Å². The first kappa shape index (κ1) is 32.8. The molecule has 2 aromatic carbocycles. The van der Waals surface area contributed by atoms with Crippen molar-refractivity contribution < 1.29 is 32.0 Å². The number of piperidine rings is 1. The SMILES string of the molecule is CCOc1ccccc1C1(NC(=O)N2CCN(C3CCN(C)CC3)CC2)C(=O)N(S(=O)(=O)c2c(C)noc2C)c2ccc(OC)cc21. The molecule has 1 atom stereocenters. The van der Waals surface area contributed by atoms with Crippen molar-refractivity contribution in [3.63, 3.8) is 0 Å². The van der Waals surface area contributed by atoms with Gasteiger partial charge in [0, 0.05) is 43.3 Å². The fraction of sp³-hybridized carbons (Fsp3) is 0.485. The van der Waals surface area contributed by atoms with Crippen LogP contribution in [0.4, 0.5) is 10.5 Å². The molecule has 3 aliphatic rings. The molecule has 13 nitrogen and oxygen atoms in total. The van der Waals surface area contributed by atoms with Crippen molar-refractivity contribution >= 4 is 27.6 Å². The van der Waals surface area contributed by atoms with Crippen LogP contribution in [0, 0.1) is 13.8 Å². The number of fused-ring (bicyclic) bond motifs is 1. The summed E-state index contributed by atoms with van der Waals surface area (Å²) in [5, 5.41) is 6.88. The molecule has 3 aliphatic heterocycles. The molecule has 0 bridgehead atoms. The lowest BCUT2D eigenvalue weighted by atomic mass is 9.83. The van der Waals surface area contributed by atoms with Crippen molar-refractivity contribution in [3.05, 3.63) is 65.0 Å². The van der Waals surface area contributed by atoms with Gasteiger partial charge in [-0.05, 0) is 78.0 Å². The molecule has 1 N–H and O–H groups in total. The summed E-state index contributed by atoms with van der Waals surface area (Å²) in [5.74, 6) is -0.121. The van der Waals surface area contributed by atoms with Crippen molar-refractivity contribution in [2.24, 2.45) is 0 Å². The first-order valence-corrected chi connectivity index (χ1v) is 17.4. The van der Waals surface area contributed by atoms with Gasteiger partial charge in [0.15, 0.2) is 16.2 Å². The zero-order valence-electron chi connectivity index (χ0n) is 27.5. The van der Waals surface area contributed by atoms with E-state index >= 15 is 4.79 Å². The summed E-state index contributed by atoms with van der Waals surface area (Å²) in [7, 11) is -0.939. The van der Waals surface area contributed by atoms with Crippen LogP contribution < -0.4 is 19.1 Å². The van der Waals surface area contributed by atoms with E-state index in [0.29, 0.717) is 49.3 Å². The van der Waals surface area contributed by atoms with Gasteiger partial charge in [0.1, 0.15) is 17.2 Å². The second kappa shape index (κ2) is 12.8. The minimum atomic E-state index is -4.56. The normalized spacial score (nSPS) is 21.2. The van der Waals surface area contributed by atoms with Gasteiger partial charge < -0.3 is 29.1 Å². The minimum absolute atomic E-state index is 0.0455. The summed E-state index contributed by atoms with van der Waals surface area (Å²) >= 11 is 0. The van der Waals surface area contributed by atoms with Crippen LogP contribution in [0.2, 0.25) is 0 Å². The van der Waals surface area contributed by atoms with Crippen molar-refractivity contribution in [1.29, 1.82) is 0 Å². The molecule has 1 unspecified atom stereocenters. The molecule has 0 saturated carbocycles. The van der Waals surface area contributed by atoms with Crippen LogP contribution in [0.1, 0.15) is 42.3 Å². The van der Waals surface area contributed by atoms with Gasteiger partial charge >= 0.3 is 6.03 Å². The van der Waals surface area contributed by atoms with Crippen molar-refractivity contribution in [2.75, 3.05) is 64.3 Å². The number of hydrogen-bond acceptors (Lipinski definition) is 10. The number of ether oxygens (including phenoxy) is 2. The number of nitrogens with zero attached hydrogens (tertiary/aromatic N) is 5. The number of hydrogen-bond donors (Lipinski definition) is 1. The predicted molar refractivity (Wildman–Crippen MR) is 174 cm³/mol. The molecular formula is C33H42N6O7S. The number of piperazine rings is 1. The van der Waals surface area contributed by atoms with E-state index < -0.39 is 27.5 Å². The van der Waals surface area contributed by atoms with Gasteiger partial charge in [-0.1, -0.05) is 23.4 Å². The van der Waals surface area contributed by atoms with Crippen LogP contribution >= 0.6 is 0 Å². The molecule has 6 rings (SSSR count). The minimum Gasteiger partial charge on any atom is -0.497 e. The maximum Gasteiger partial charge on any atom is 0.318 e.